The molecule has 0 unspecified atom stereocenters. The summed E-state index contributed by atoms with van der Waals surface area (Å²) >= 11 is 1.18. The molecular weight excluding hydrogens is 276 g/mol. The van der Waals surface area contributed by atoms with Crippen LogP contribution in [0.1, 0.15) is 46.7 Å². The Balaban J connectivity index is 3.26. The summed E-state index contributed by atoms with van der Waals surface area (Å²) in [5, 5.41) is 3.83. The monoisotopic (exact) mass is 298 g/mol. The molecule has 1 rings (SSSR count). The maximum atomic E-state index is 12.1. The fraction of sp³-hybridized carbons (Fsp3) is 0.538. The number of thiophene rings is 1. The predicted molar refractivity (Wildman–Crippen MR) is 83.3 cm³/mol. The second-order valence-corrected chi connectivity index (χ2v) is 5.79. The zero-order chi connectivity index (χ0) is 15.4. The molecule has 2 amide bonds. The molecule has 1 heterocycles. The van der Waals surface area contributed by atoms with E-state index in [0.29, 0.717) is 9.88 Å². The maximum Gasteiger partial charge on any atom is 0.265 e. The van der Waals surface area contributed by atoms with Gasteiger partial charge in [-0.2, -0.15) is 0 Å². The summed E-state index contributed by atoms with van der Waals surface area (Å²) in [5.74, 6) is -0.849. The predicted octanol–water partition coefficient (Wildman–Crippen LogP) is 1.73. The van der Waals surface area contributed by atoms with Gasteiger partial charge in [-0.15, -0.1) is 11.3 Å². The number of nitrogens with zero attached hydrogens (tertiary/aromatic N) is 1. The van der Waals surface area contributed by atoms with Gasteiger partial charge in [0, 0.05) is 20.1 Å². The van der Waals surface area contributed by atoms with Crippen molar-refractivity contribution in [1.29, 1.82) is 0 Å². The molecule has 1 aromatic rings. The normalized spacial score (nSPS) is 10.7. The van der Waals surface area contributed by atoms with Gasteiger partial charge in [0.25, 0.3) is 11.8 Å². The number of anilines is 2. The molecule has 0 aliphatic carbocycles. The van der Waals surface area contributed by atoms with E-state index in [1.807, 2.05) is 13.8 Å². The molecule has 20 heavy (non-hydrogen) atoms. The molecule has 1 aromatic heterocycles. The van der Waals surface area contributed by atoms with Gasteiger partial charge in [-0.25, -0.2) is 0 Å². The van der Waals surface area contributed by atoms with Crippen LogP contribution < -0.4 is 16.8 Å². The summed E-state index contributed by atoms with van der Waals surface area (Å²) in [6.45, 7) is 4.10. The lowest BCUT2D eigenvalue weighted by Crippen LogP contribution is -2.22. The topological polar surface area (TPSA) is 101 Å². The number of amides is 2. The molecule has 0 aromatic carbocycles. The second kappa shape index (κ2) is 6.60. The lowest BCUT2D eigenvalue weighted by Gasteiger charge is -2.15. The highest BCUT2D eigenvalue weighted by molar-refractivity contribution is 7.19. The van der Waals surface area contributed by atoms with Crippen LogP contribution in [0.15, 0.2) is 0 Å². The van der Waals surface area contributed by atoms with Gasteiger partial charge < -0.3 is 21.7 Å². The summed E-state index contributed by atoms with van der Waals surface area (Å²) in [6, 6.07) is 0.216. The van der Waals surface area contributed by atoms with E-state index in [1.54, 1.807) is 14.1 Å². The average Bonchev–Trinajstić information content (AvgIpc) is 2.71. The number of carbonyl (C=O) groups excluding carboxylic acids is 2. The van der Waals surface area contributed by atoms with Crippen molar-refractivity contribution in [3.05, 3.63) is 10.4 Å². The molecule has 0 bridgehead atoms. The summed E-state index contributed by atoms with van der Waals surface area (Å²) in [4.78, 5) is 25.4. The van der Waals surface area contributed by atoms with E-state index in [2.05, 4.69) is 5.32 Å². The standard InChI is InChI=1S/C13H22N4O2S/c1-5-7(6-2)16-12-8(11(15)18)9(14)10(20-12)13(19)17(3)4/h7,16H,5-6,14H2,1-4H3,(H2,15,18). The smallest absolute Gasteiger partial charge is 0.265 e. The van der Waals surface area contributed by atoms with E-state index in [-0.39, 0.29) is 23.2 Å². The molecule has 0 spiro atoms. The minimum atomic E-state index is -0.620. The molecule has 112 valence electrons. The van der Waals surface area contributed by atoms with Gasteiger partial charge in [0.2, 0.25) is 0 Å². The van der Waals surface area contributed by atoms with Gasteiger partial charge in [-0.1, -0.05) is 13.8 Å². The van der Waals surface area contributed by atoms with Crippen LogP contribution in [-0.2, 0) is 0 Å². The van der Waals surface area contributed by atoms with Crippen LogP contribution in [0.4, 0.5) is 10.7 Å². The van der Waals surface area contributed by atoms with Crippen LogP contribution in [0, 0.1) is 0 Å². The van der Waals surface area contributed by atoms with Crippen LogP contribution in [-0.4, -0.2) is 36.9 Å². The number of primary amides is 1. The number of hydrogen-bond donors (Lipinski definition) is 3. The maximum absolute atomic E-state index is 12.1. The van der Waals surface area contributed by atoms with Crippen LogP contribution in [0.2, 0.25) is 0 Å². The van der Waals surface area contributed by atoms with E-state index in [1.165, 1.54) is 16.2 Å². The zero-order valence-electron chi connectivity index (χ0n) is 12.3. The van der Waals surface area contributed by atoms with Crippen LogP contribution >= 0.6 is 11.3 Å². The Labute approximate surface area is 123 Å². The first-order valence-corrected chi connectivity index (χ1v) is 7.35. The van der Waals surface area contributed by atoms with Crippen LogP contribution in [0.25, 0.3) is 0 Å². The molecule has 0 aliphatic rings. The van der Waals surface area contributed by atoms with Crippen molar-refractivity contribution in [1.82, 2.24) is 4.90 Å². The molecule has 0 fully saturated rings. The van der Waals surface area contributed by atoms with Crippen molar-refractivity contribution in [2.45, 2.75) is 32.7 Å². The Hall–Kier alpha value is -1.76. The Morgan fingerprint density at radius 3 is 2.25 bits per heavy atom. The molecule has 0 saturated carbocycles. The average molecular weight is 298 g/mol. The number of nitrogens with two attached hydrogens (primary N) is 2. The lowest BCUT2D eigenvalue weighted by atomic mass is 10.1. The van der Waals surface area contributed by atoms with Crippen molar-refractivity contribution >= 4 is 33.8 Å². The van der Waals surface area contributed by atoms with E-state index in [9.17, 15) is 9.59 Å². The van der Waals surface area contributed by atoms with Gasteiger partial charge >= 0.3 is 0 Å². The Morgan fingerprint density at radius 2 is 1.85 bits per heavy atom. The van der Waals surface area contributed by atoms with Gasteiger partial charge in [0.05, 0.1) is 11.3 Å². The highest BCUT2D eigenvalue weighted by Gasteiger charge is 2.25. The molecule has 0 atom stereocenters. The number of nitrogens with one attached hydrogen (secondary N) is 1. The number of nitrogen functional groups attached to an aromatic ring is 1. The van der Waals surface area contributed by atoms with E-state index in [0.717, 1.165) is 12.8 Å². The Morgan fingerprint density at radius 1 is 1.30 bits per heavy atom. The number of rotatable bonds is 6. The largest absolute Gasteiger partial charge is 0.397 e. The summed E-state index contributed by atoms with van der Waals surface area (Å²) in [5.41, 5.74) is 11.7. The molecule has 5 N–H and O–H groups in total. The fourth-order valence-electron chi connectivity index (χ4n) is 1.83. The third-order valence-electron chi connectivity index (χ3n) is 3.11. The second-order valence-electron chi connectivity index (χ2n) is 4.77. The summed E-state index contributed by atoms with van der Waals surface area (Å²) in [7, 11) is 3.28. The Bertz CT molecular complexity index is 507. The molecule has 0 radical (unpaired) electrons. The molecular formula is C13H22N4O2S. The van der Waals surface area contributed by atoms with E-state index in [4.69, 9.17) is 11.5 Å². The van der Waals surface area contributed by atoms with Gasteiger partial charge in [-0.05, 0) is 12.8 Å². The fourth-order valence-corrected chi connectivity index (χ4v) is 3.05. The van der Waals surface area contributed by atoms with Crippen molar-refractivity contribution in [3.63, 3.8) is 0 Å². The number of carbonyl (C=O) groups is 2. The molecule has 0 saturated heterocycles. The summed E-state index contributed by atoms with van der Waals surface area (Å²) in [6.07, 6.45) is 1.81. The van der Waals surface area contributed by atoms with Gasteiger partial charge in [0.15, 0.2) is 0 Å². The highest BCUT2D eigenvalue weighted by atomic mass is 32.1. The quantitative estimate of drug-likeness (QED) is 0.744. The first-order chi connectivity index (χ1) is 9.33. The van der Waals surface area contributed by atoms with Crippen LogP contribution in [0.3, 0.4) is 0 Å². The first-order valence-electron chi connectivity index (χ1n) is 6.53. The number of hydrogen-bond acceptors (Lipinski definition) is 5. The van der Waals surface area contributed by atoms with Crippen molar-refractivity contribution in [2.75, 3.05) is 25.1 Å². The zero-order valence-corrected chi connectivity index (χ0v) is 13.1. The highest BCUT2D eigenvalue weighted by Crippen LogP contribution is 2.36. The minimum Gasteiger partial charge on any atom is -0.397 e. The van der Waals surface area contributed by atoms with Crippen LogP contribution in [0.5, 0.6) is 0 Å². The SMILES string of the molecule is CCC(CC)Nc1sc(C(=O)N(C)C)c(N)c1C(N)=O. The molecule has 6 nitrogen and oxygen atoms in total. The lowest BCUT2D eigenvalue weighted by molar-refractivity contribution is 0.0833. The van der Waals surface area contributed by atoms with Crippen molar-refractivity contribution in [3.8, 4) is 0 Å². The summed E-state index contributed by atoms with van der Waals surface area (Å²) < 4.78 is 0. The minimum absolute atomic E-state index is 0.162. The third-order valence-corrected chi connectivity index (χ3v) is 4.24. The molecule has 0 aliphatic heterocycles. The van der Waals surface area contributed by atoms with E-state index < -0.39 is 5.91 Å². The Kier molecular flexibility index (Phi) is 5.38. The van der Waals surface area contributed by atoms with E-state index >= 15 is 0 Å². The first kappa shape index (κ1) is 16.3. The van der Waals surface area contributed by atoms with Crippen molar-refractivity contribution < 1.29 is 9.59 Å². The third kappa shape index (κ3) is 3.22. The van der Waals surface area contributed by atoms with Gasteiger partial charge in [0.1, 0.15) is 9.88 Å². The van der Waals surface area contributed by atoms with Gasteiger partial charge in [-0.3, -0.25) is 9.59 Å². The van der Waals surface area contributed by atoms with Crippen molar-refractivity contribution in [2.24, 2.45) is 5.73 Å². The molecule has 7 heteroatoms.